The minimum atomic E-state index is -0.453. The Bertz CT molecular complexity index is 3170. The maximum absolute atomic E-state index is 2.71. The van der Waals surface area contributed by atoms with Crippen molar-refractivity contribution in [2.45, 2.75) is 43.1 Å². The molecule has 1 atom stereocenters. The highest BCUT2D eigenvalue weighted by molar-refractivity contribution is 6.25. The third-order valence-corrected chi connectivity index (χ3v) is 14.3. The van der Waals surface area contributed by atoms with E-state index < -0.39 is 5.41 Å². The van der Waals surface area contributed by atoms with Gasteiger partial charge in [-0.15, -0.1) is 0 Å². The van der Waals surface area contributed by atoms with Crippen LogP contribution in [0.1, 0.15) is 53.6 Å². The van der Waals surface area contributed by atoms with Crippen LogP contribution in [-0.4, -0.2) is 5.54 Å². The van der Waals surface area contributed by atoms with E-state index in [1.807, 2.05) is 0 Å². The third-order valence-electron chi connectivity index (χ3n) is 14.3. The Kier molecular flexibility index (Phi) is 7.60. The zero-order chi connectivity index (χ0) is 40.1. The molecule has 0 heterocycles. The second-order valence-corrected chi connectivity index (χ2v) is 17.7. The molecule has 12 rings (SSSR count). The molecule has 0 saturated heterocycles. The standard InChI is InChI=1S/C59H45N/c1-57(2)43-23-17-35-58(39-43,38-40-18-9-15-29-54(40)57)60(44-31-33-50-48-26-11-10-24-46(48)47-25-12-13-27-49(47)52(50)36-44)45-32-34-56-53(37-45)51-28-14-16-30-55(51)59(56,41-19-5-3-6-20-41)42-21-7-4-8-22-42/h3-37H,38-39H2,1-2H3/t58-/m1/s1. The van der Waals surface area contributed by atoms with E-state index in [1.54, 1.807) is 0 Å². The van der Waals surface area contributed by atoms with E-state index in [9.17, 15) is 0 Å². The van der Waals surface area contributed by atoms with Crippen LogP contribution >= 0.6 is 0 Å². The van der Waals surface area contributed by atoms with Crippen molar-refractivity contribution in [1.29, 1.82) is 0 Å². The highest BCUT2D eigenvalue weighted by Gasteiger charge is 2.48. The summed E-state index contributed by atoms with van der Waals surface area (Å²) in [5.74, 6) is 0. The summed E-state index contributed by atoms with van der Waals surface area (Å²) < 4.78 is 0. The van der Waals surface area contributed by atoms with Crippen LogP contribution in [0.5, 0.6) is 0 Å². The SMILES string of the molecule is CC1(C)C2=CC=C[C@](N(c3ccc4c(c3)-c3ccccc3C4(c3ccccc3)c3ccccc3)c3ccc4c5ccccc5c5ccccc5c4c3)(C2)Cc2ccccc21. The van der Waals surface area contributed by atoms with Gasteiger partial charge in [-0.3, -0.25) is 0 Å². The number of hydrogen-bond donors (Lipinski definition) is 0. The van der Waals surface area contributed by atoms with E-state index >= 15 is 0 Å². The Morgan fingerprint density at radius 2 is 0.933 bits per heavy atom. The van der Waals surface area contributed by atoms with Gasteiger partial charge in [0.1, 0.15) is 0 Å². The lowest BCUT2D eigenvalue weighted by molar-refractivity contribution is 0.482. The number of rotatable bonds is 5. The molecule has 0 amide bonds. The topological polar surface area (TPSA) is 3.24 Å². The number of fused-ring (bicyclic) bond motifs is 12. The molecular weight excluding hydrogens is 723 g/mol. The van der Waals surface area contributed by atoms with Gasteiger partial charge in [-0.05, 0) is 108 Å². The fourth-order valence-corrected chi connectivity index (χ4v) is 11.6. The summed E-state index contributed by atoms with van der Waals surface area (Å²) >= 11 is 0. The lowest BCUT2D eigenvalue weighted by Crippen LogP contribution is -2.47. The van der Waals surface area contributed by atoms with E-state index in [2.05, 4.69) is 231 Å². The predicted octanol–water partition coefficient (Wildman–Crippen LogP) is 14.8. The summed E-state index contributed by atoms with van der Waals surface area (Å²) in [6.07, 6.45) is 9.07. The number of benzene rings is 9. The quantitative estimate of drug-likeness (QED) is 0.158. The molecule has 3 aliphatic rings. The van der Waals surface area contributed by atoms with Crippen LogP contribution in [0.15, 0.2) is 218 Å². The van der Waals surface area contributed by atoms with Crippen molar-refractivity contribution in [3.8, 4) is 11.1 Å². The Morgan fingerprint density at radius 1 is 0.417 bits per heavy atom. The molecule has 0 aliphatic heterocycles. The fourth-order valence-electron chi connectivity index (χ4n) is 11.6. The number of anilines is 2. The van der Waals surface area contributed by atoms with Crippen molar-refractivity contribution < 1.29 is 0 Å². The monoisotopic (exact) mass is 767 g/mol. The first-order valence-corrected chi connectivity index (χ1v) is 21.4. The molecule has 0 fully saturated rings. The van der Waals surface area contributed by atoms with E-state index in [1.165, 1.54) is 93.8 Å². The Labute approximate surface area is 352 Å². The molecule has 1 heteroatoms. The van der Waals surface area contributed by atoms with Crippen molar-refractivity contribution in [3.63, 3.8) is 0 Å². The summed E-state index contributed by atoms with van der Waals surface area (Å²) in [4.78, 5) is 2.71. The molecule has 1 nitrogen and oxygen atoms in total. The van der Waals surface area contributed by atoms with Crippen LogP contribution in [0.4, 0.5) is 11.4 Å². The molecule has 286 valence electrons. The zero-order valence-corrected chi connectivity index (χ0v) is 34.1. The van der Waals surface area contributed by atoms with Crippen molar-refractivity contribution in [3.05, 3.63) is 251 Å². The van der Waals surface area contributed by atoms with Crippen molar-refractivity contribution in [2.24, 2.45) is 0 Å². The van der Waals surface area contributed by atoms with Gasteiger partial charge < -0.3 is 4.90 Å². The fraction of sp³-hybridized carbons (Fsp3) is 0.119. The van der Waals surface area contributed by atoms with Gasteiger partial charge in [0, 0.05) is 23.2 Å². The predicted molar refractivity (Wildman–Crippen MR) is 253 cm³/mol. The van der Waals surface area contributed by atoms with Gasteiger partial charge in [-0.1, -0.05) is 208 Å². The minimum Gasteiger partial charge on any atom is -0.331 e. The van der Waals surface area contributed by atoms with Gasteiger partial charge in [0.25, 0.3) is 0 Å². The summed E-state index contributed by atoms with van der Waals surface area (Å²) in [6.45, 7) is 4.84. The molecule has 60 heavy (non-hydrogen) atoms. The van der Waals surface area contributed by atoms with Gasteiger partial charge in [0.2, 0.25) is 0 Å². The van der Waals surface area contributed by atoms with Gasteiger partial charge in [-0.25, -0.2) is 0 Å². The maximum atomic E-state index is 2.71. The third kappa shape index (κ3) is 4.87. The van der Waals surface area contributed by atoms with E-state index in [4.69, 9.17) is 0 Å². The zero-order valence-electron chi connectivity index (χ0n) is 34.1. The minimum absolute atomic E-state index is 0.102. The smallest absolute Gasteiger partial charge is 0.0714 e. The first-order chi connectivity index (χ1) is 29.5. The number of nitrogens with zero attached hydrogens (tertiary/aromatic N) is 1. The summed E-state index contributed by atoms with van der Waals surface area (Å²) in [5.41, 5.74) is 13.6. The lowest BCUT2D eigenvalue weighted by atomic mass is 9.68. The molecule has 0 unspecified atom stereocenters. The Balaban J connectivity index is 1.15. The molecule has 0 spiro atoms. The van der Waals surface area contributed by atoms with E-state index in [0.29, 0.717) is 0 Å². The van der Waals surface area contributed by atoms with Gasteiger partial charge in [0.05, 0.1) is 11.0 Å². The average Bonchev–Trinajstić information content (AvgIpc) is 3.57. The average molecular weight is 768 g/mol. The highest BCUT2D eigenvalue weighted by atomic mass is 15.2. The number of allylic oxidation sites excluding steroid dienone is 2. The van der Waals surface area contributed by atoms with Crippen LogP contribution in [0.25, 0.3) is 43.4 Å². The second-order valence-electron chi connectivity index (χ2n) is 17.7. The van der Waals surface area contributed by atoms with Crippen LogP contribution in [0, 0.1) is 0 Å². The van der Waals surface area contributed by atoms with Crippen molar-refractivity contribution in [1.82, 2.24) is 0 Å². The molecule has 0 saturated carbocycles. The molecule has 0 N–H and O–H groups in total. The summed E-state index contributed by atoms with van der Waals surface area (Å²) in [7, 11) is 0. The molecular formula is C59H45N. The van der Waals surface area contributed by atoms with E-state index in [0.717, 1.165) is 12.8 Å². The van der Waals surface area contributed by atoms with Crippen LogP contribution < -0.4 is 4.90 Å². The number of hydrogen-bond acceptors (Lipinski definition) is 1. The molecule has 9 aromatic rings. The molecule has 2 bridgehead atoms. The molecule has 9 aromatic carbocycles. The van der Waals surface area contributed by atoms with Gasteiger partial charge >= 0.3 is 0 Å². The first kappa shape index (κ1) is 35.0. The normalized spacial score (nSPS) is 18.1. The van der Waals surface area contributed by atoms with Crippen molar-refractivity contribution >= 4 is 43.7 Å². The van der Waals surface area contributed by atoms with Gasteiger partial charge in [0.15, 0.2) is 0 Å². The highest BCUT2D eigenvalue weighted by Crippen LogP contribution is 2.58. The van der Waals surface area contributed by atoms with Crippen LogP contribution in [0.2, 0.25) is 0 Å². The Hall–Kier alpha value is -6.96. The first-order valence-electron chi connectivity index (χ1n) is 21.4. The molecule has 0 aromatic heterocycles. The summed E-state index contributed by atoms with van der Waals surface area (Å²) in [5, 5.41) is 7.75. The maximum Gasteiger partial charge on any atom is 0.0714 e. The van der Waals surface area contributed by atoms with Crippen LogP contribution in [0.3, 0.4) is 0 Å². The van der Waals surface area contributed by atoms with Gasteiger partial charge in [-0.2, -0.15) is 0 Å². The van der Waals surface area contributed by atoms with Crippen molar-refractivity contribution in [2.75, 3.05) is 4.90 Å². The second kappa shape index (κ2) is 13.0. The molecule has 3 aliphatic carbocycles. The van der Waals surface area contributed by atoms with Crippen LogP contribution in [-0.2, 0) is 17.3 Å². The van der Waals surface area contributed by atoms with E-state index in [-0.39, 0.29) is 11.0 Å². The summed E-state index contributed by atoms with van der Waals surface area (Å²) in [6, 6.07) is 73.1. The Morgan fingerprint density at radius 3 is 1.62 bits per heavy atom. The molecule has 0 radical (unpaired) electrons. The lowest BCUT2D eigenvalue weighted by Gasteiger charge is -2.46. The largest absolute Gasteiger partial charge is 0.331 e.